The molecule has 0 spiro atoms. The molecule has 2 aromatic rings. The topological polar surface area (TPSA) is 30.0 Å². The quantitative estimate of drug-likeness (QED) is 0.821. The molecule has 0 N–H and O–H groups in total. The van der Waals surface area contributed by atoms with E-state index in [2.05, 4.69) is 35.3 Å². The number of benzene rings is 1. The number of carbonyl (C=O) groups is 1. The molecule has 2 heteroatoms. The van der Waals surface area contributed by atoms with Gasteiger partial charge in [-0.3, -0.25) is 9.78 Å². The minimum Gasteiger partial charge on any atom is -0.292 e. The summed E-state index contributed by atoms with van der Waals surface area (Å²) in [4.78, 5) is 15.8. The maximum absolute atomic E-state index is 11.6. The molecule has 2 nitrogen and oxygen atoms in total. The molecule has 1 heterocycles. The Bertz CT molecular complexity index is 575. The number of pyridine rings is 1. The number of nitrogens with zero attached hydrogens (tertiary/aromatic N) is 1. The highest BCUT2D eigenvalue weighted by Crippen LogP contribution is 2.24. The van der Waals surface area contributed by atoms with Crippen molar-refractivity contribution < 1.29 is 4.79 Å². The van der Waals surface area contributed by atoms with Gasteiger partial charge in [0.05, 0.1) is 0 Å². The van der Waals surface area contributed by atoms with E-state index in [1.54, 1.807) is 6.20 Å². The van der Waals surface area contributed by atoms with E-state index in [1.807, 2.05) is 6.07 Å². The van der Waals surface area contributed by atoms with Crippen molar-refractivity contribution in [2.75, 3.05) is 0 Å². The lowest BCUT2D eigenvalue weighted by Gasteiger charge is -2.07. The summed E-state index contributed by atoms with van der Waals surface area (Å²) >= 11 is 0. The lowest BCUT2D eigenvalue weighted by Crippen LogP contribution is -2.00. The Kier molecular flexibility index (Phi) is 2.93. The maximum Gasteiger partial charge on any atom is 0.181 e. The van der Waals surface area contributed by atoms with Gasteiger partial charge in [0.15, 0.2) is 5.78 Å². The molecule has 0 saturated heterocycles. The van der Waals surface area contributed by atoms with Crippen LogP contribution in [0, 0.1) is 0 Å². The number of Topliss-reactive ketones (excluding diaryl/α,β-unsaturated/α-hetero) is 1. The number of hydrogen-bond acceptors (Lipinski definition) is 2. The number of ketones is 1. The molecule has 90 valence electrons. The van der Waals surface area contributed by atoms with Crippen LogP contribution in [-0.2, 0) is 19.3 Å². The summed E-state index contributed by atoms with van der Waals surface area (Å²) in [6.45, 7) is 0. The zero-order valence-electron chi connectivity index (χ0n) is 10.2. The zero-order valence-corrected chi connectivity index (χ0v) is 10.2. The SMILES string of the molecule is O=C1CCc2c(CCc3ccccc3)ccnc21. The molecule has 1 aliphatic rings. The normalized spacial score (nSPS) is 13.7. The number of aromatic nitrogens is 1. The third-order valence-corrected chi connectivity index (χ3v) is 3.54. The van der Waals surface area contributed by atoms with Crippen LogP contribution in [0.1, 0.15) is 33.6 Å². The highest BCUT2D eigenvalue weighted by molar-refractivity contribution is 5.98. The van der Waals surface area contributed by atoms with E-state index in [9.17, 15) is 4.79 Å². The molecular formula is C16H15NO. The third kappa shape index (κ3) is 2.06. The van der Waals surface area contributed by atoms with E-state index in [-0.39, 0.29) is 5.78 Å². The molecule has 0 unspecified atom stereocenters. The van der Waals surface area contributed by atoms with Gasteiger partial charge in [-0.15, -0.1) is 0 Å². The van der Waals surface area contributed by atoms with Crippen molar-refractivity contribution in [3.05, 3.63) is 65.0 Å². The molecule has 1 aliphatic carbocycles. The second-order valence-corrected chi connectivity index (χ2v) is 4.71. The van der Waals surface area contributed by atoms with E-state index in [0.717, 1.165) is 19.3 Å². The lowest BCUT2D eigenvalue weighted by atomic mass is 10.00. The number of aryl methyl sites for hydroxylation is 2. The van der Waals surface area contributed by atoms with Gasteiger partial charge in [0.1, 0.15) is 5.69 Å². The van der Waals surface area contributed by atoms with Crippen LogP contribution in [0.15, 0.2) is 42.6 Å². The molecule has 1 aromatic heterocycles. The minimum atomic E-state index is 0.201. The van der Waals surface area contributed by atoms with Gasteiger partial charge in [-0.25, -0.2) is 0 Å². The third-order valence-electron chi connectivity index (χ3n) is 3.54. The fourth-order valence-electron chi connectivity index (χ4n) is 2.57. The van der Waals surface area contributed by atoms with E-state index >= 15 is 0 Å². The molecule has 0 aliphatic heterocycles. The predicted octanol–water partition coefficient (Wildman–Crippen LogP) is 3.00. The molecule has 0 fully saturated rings. The maximum atomic E-state index is 11.6. The molecular weight excluding hydrogens is 222 g/mol. The highest BCUT2D eigenvalue weighted by atomic mass is 16.1. The molecule has 0 radical (unpaired) electrons. The van der Waals surface area contributed by atoms with Crippen LogP contribution in [0.25, 0.3) is 0 Å². The summed E-state index contributed by atoms with van der Waals surface area (Å²) in [5.41, 5.74) is 4.51. The van der Waals surface area contributed by atoms with Crippen LogP contribution in [0.5, 0.6) is 0 Å². The number of rotatable bonds is 3. The first-order chi connectivity index (χ1) is 8.84. The summed E-state index contributed by atoms with van der Waals surface area (Å²) in [5, 5.41) is 0. The van der Waals surface area contributed by atoms with Crippen molar-refractivity contribution in [3.63, 3.8) is 0 Å². The van der Waals surface area contributed by atoms with Crippen LogP contribution in [0.4, 0.5) is 0 Å². The number of carbonyl (C=O) groups excluding carboxylic acids is 1. The summed E-state index contributed by atoms with van der Waals surface area (Å²) in [6, 6.07) is 12.5. The summed E-state index contributed by atoms with van der Waals surface area (Å²) in [6.07, 6.45) is 5.27. The van der Waals surface area contributed by atoms with Crippen molar-refractivity contribution in [1.82, 2.24) is 4.98 Å². The van der Waals surface area contributed by atoms with Crippen molar-refractivity contribution in [2.24, 2.45) is 0 Å². The van der Waals surface area contributed by atoms with Crippen LogP contribution < -0.4 is 0 Å². The smallest absolute Gasteiger partial charge is 0.181 e. The van der Waals surface area contributed by atoms with Gasteiger partial charge >= 0.3 is 0 Å². The predicted molar refractivity (Wildman–Crippen MR) is 70.7 cm³/mol. The van der Waals surface area contributed by atoms with Crippen molar-refractivity contribution >= 4 is 5.78 Å². The van der Waals surface area contributed by atoms with Gasteiger partial charge < -0.3 is 0 Å². The van der Waals surface area contributed by atoms with Gasteiger partial charge in [-0.1, -0.05) is 30.3 Å². The zero-order chi connectivity index (χ0) is 12.4. The lowest BCUT2D eigenvalue weighted by molar-refractivity contribution is 0.0990. The van der Waals surface area contributed by atoms with Crippen LogP contribution in [-0.4, -0.2) is 10.8 Å². The van der Waals surface area contributed by atoms with Crippen LogP contribution in [0.2, 0.25) is 0 Å². The van der Waals surface area contributed by atoms with Crippen LogP contribution in [0.3, 0.4) is 0 Å². The van der Waals surface area contributed by atoms with E-state index < -0.39 is 0 Å². The average Bonchev–Trinajstić information content (AvgIpc) is 2.80. The Labute approximate surface area is 107 Å². The van der Waals surface area contributed by atoms with E-state index in [4.69, 9.17) is 0 Å². The van der Waals surface area contributed by atoms with Gasteiger partial charge in [0.2, 0.25) is 0 Å². The molecule has 0 atom stereocenters. The monoisotopic (exact) mass is 237 g/mol. The minimum absolute atomic E-state index is 0.201. The van der Waals surface area contributed by atoms with Gasteiger partial charge in [0, 0.05) is 12.6 Å². The van der Waals surface area contributed by atoms with Crippen molar-refractivity contribution in [2.45, 2.75) is 25.7 Å². The molecule has 18 heavy (non-hydrogen) atoms. The summed E-state index contributed by atoms with van der Waals surface area (Å²) < 4.78 is 0. The van der Waals surface area contributed by atoms with Gasteiger partial charge in [-0.2, -0.15) is 0 Å². The Morgan fingerprint density at radius 3 is 2.67 bits per heavy atom. The van der Waals surface area contributed by atoms with Crippen molar-refractivity contribution in [1.29, 1.82) is 0 Å². The molecule has 0 bridgehead atoms. The van der Waals surface area contributed by atoms with E-state index in [1.165, 1.54) is 16.7 Å². The largest absolute Gasteiger partial charge is 0.292 e. The Morgan fingerprint density at radius 2 is 1.83 bits per heavy atom. The standard InChI is InChI=1S/C16H15NO/c18-15-9-8-14-13(10-11-17-16(14)15)7-6-12-4-2-1-3-5-12/h1-5,10-11H,6-9H2. The van der Waals surface area contributed by atoms with Crippen molar-refractivity contribution in [3.8, 4) is 0 Å². The molecule has 3 rings (SSSR count). The summed E-state index contributed by atoms with van der Waals surface area (Å²) in [5.74, 6) is 0.201. The van der Waals surface area contributed by atoms with Gasteiger partial charge in [-0.05, 0) is 42.0 Å². The first kappa shape index (κ1) is 11.1. The fraction of sp³-hybridized carbons (Fsp3) is 0.250. The van der Waals surface area contributed by atoms with Gasteiger partial charge in [0.25, 0.3) is 0 Å². The Balaban J connectivity index is 1.80. The second kappa shape index (κ2) is 4.73. The fourth-order valence-corrected chi connectivity index (χ4v) is 2.57. The number of fused-ring (bicyclic) bond motifs is 1. The highest BCUT2D eigenvalue weighted by Gasteiger charge is 2.22. The number of hydrogen-bond donors (Lipinski definition) is 0. The Hall–Kier alpha value is -1.96. The second-order valence-electron chi connectivity index (χ2n) is 4.71. The van der Waals surface area contributed by atoms with Crippen LogP contribution >= 0.6 is 0 Å². The first-order valence-corrected chi connectivity index (χ1v) is 6.38. The molecule has 0 amide bonds. The molecule has 0 saturated carbocycles. The first-order valence-electron chi connectivity index (χ1n) is 6.38. The molecule has 1 aromatic carbocycles. The van der Waals surface area contributed by atoms with E-state index in [0.29, 0.717) is 12.1 Å². The Morgan fingerprint density at radius 1 is 1.00 bits per heavy atom. The average molecular weight is 237 g/mol. The summed E-state index contributed by atoms with van der Waals surface area (Å²) in [7, 11) is 0.